The molecule has 0 aliphatic carbocycles. The Hall–Kier alpha value is -2.18. The molecule has 3 aromatic rings. The van der Waals surface area contributed by atoms with E-state index in [4.69, 9.17) is 4.74 Å². The maximum atomic E-state index is 12.5. The summed E-state index contributed by atoms with van der Waals surface area (Å²) in [6.45, 7) is 6.90. The molecule has 0 saturated heterocycles. The number of fused-ring (bicyclic) bond motifs is 1. The van der Waals surface area contributed by atoms with Crippen LogP contribution in [-0.4, -0.2) is 17.1 Å². The number of thiazole rings is 1. The number of hydrogen-bond acceptors (Lipinski definition) is 3. The van der Waals surface area contributed by atoms with Gasteiger partial charge >= 0.3 is 0 Å². The lowest BCUT2D eigenvalue weighted by atomic mass is 10.2. The van der Waals surface area contributed by atoms with Gasteiger partial charge in [-0.1, -0.05) is 39.4 Å². The van der Waals surface area contributed by atoms with Crippen LogP contribution in [0.2, 0.25) is 0 Å². The molecular weight excluding hydrogens is 400 g/mol. The number of carbonyl (C=O) groups excluding carboxylic acids is 1. The number of nitrogens with zero attached hydrogens (tertiary/aromatic N) is 2. The van der Waals surface area contributed by atoms with E-state index in [9.17, 15) is 4.79 Å². The van der Waals surface area contributed by atoms with Gasteiger partial charge in [0, 0.05) is 16.6 Å². The first-order chi connectivity index (χ1) is 12.1. The Morgan fingerprint density at radius 1 is 1.32 bits per heavy atom. The van der Waals surface area contributed by atoms with Crippen molar-refractivity contribution >= 4 is 43.4 Å². The number of carbonyl (C=O) groups is 1. The second-order valence-corrected chi connectivity index (χ2v) is 7.17. The molecule has 0 atom stereocenters. The quantitative estimate of drug-likeness (QED) is 0.561. The topological polar surface area (TPSA) is 43.6 Å². The van der Waals surface area contributed by atoms with Crippen LogP contribution in [0.25, 0.3) is 10.2 Å². The predicted molar refractivity (Wildman–Crippen MR) is 105 cm³/mol. The summed E-state index contributed by atoms with van der Waals surface area (Å²) in [6.07, 6.45) is 1.79. The Labute approximate surface area is 158 Å². The Balaban J connectivity index is 2.16. The Morgan fingerprint density at radius 2 is 2.08 bits per heavy atom. The monoisotopic (exact) mass is 416 g/mol. The van der Waals surface area contributed by atoms with Gasteiger partial charge in [0.15, 0.2) is 4.80 Å². The number of amides is 1. The maximum Gasteiger partial charge on any atom is 0.279 e. The summed E-state index contributed by atoms with van der Waals surface area (Å²) in [6, 6.07) is 13.1. The van der Waals surface area contributed by atoms with E-state index in [1.165, 1.54) is 11.3 Å². The van der Waals surface area contributed by atoms with E-state index in [-0.39, 0.29) is 5.91 Å². The van der Waals surface area contributed by atoms with Crippen LogP contribution < -0.4 is 9.54 Å². The number of rotatable bonds is 5. The molecule has 0 bridgehead atoms. The van der Waals surface area contributed by atoms with Crippen LogP contribution >= 0.6 is 27.3 Å². The summed E-state index contributed by atoms with van der Waals surface area (Å²) < 4.78 is 9.66. The standard InChI is InChI=1S/C19H17BrN2O2S/c1-3-12-22-17-15(24-4-2)6-5-7-16(17)25-19(22)21-18(23)13-8-10-14(20)11-9-13/h3,5-11H,1,4,12H2,2H3. The minimum absolute atomic E-state index is 0.269. The Morgan fingerprint density at radius 3 is 2.76 bits per heavy atom. The van der Waals surface area contributed by atoms with E-state index in [2.05, 4.69) is 27.5 Å². The largest absolute Gasteiger partial charge is 0.492 e. The van der Waals surface area contributed by atoms with E-state index in [1.54, 1.807) is 18.2 Å². The number of ether oxygens (including phenoxy) is 1. The van der Waals surface area contributed by atoms with Crippen molar-refractivity contribution in [3.8, 4) is 5.75 Å². The maximum absolute atomic E-state index is 12.5. The van der Waals surface area contributed by atoms with Crippen LogP contribution in [0.1, 0.15) is 17.3 Å². The van der Waals surface area contributed by atoms with Crippen LogP contribution in [0.4, 0.5) is 0 Å². The average Bonchev–Trinajstić information content (AvgIpc) is 2.94. The zero-order valence-corrected chi connectivity index (χ0v) is 16.1. The first kappa shape index (κ1) is 17.6. The Bertz CT molecular complexity index is 987. The summed E-state index contributed by atoms with van der Waals surface area (Å²) in [7, 11) is 0. The van der Waals surface area contributed by atoms with Crippen molar-refractivity contribution in [1.29, 1.82) is 0 Å². The van der Waals surface area contributed by atoms with Crippen LogP contribution in [0.5, 0.6) is 5.75 Å². The van der Waals surface area contributed by atoms with E-state index in [0.717, 1.165) is 20.4 Å². The molecule has 0 radical (unpaired) electrons. The van der Waals surface area contributed by atoms with Crippen molar-refractivity contribution in [2.24, 2.45) is 4.99 Å². The molecule has 3 rings (SSSR count). The number of aromatic nitrogens is 1. The lowest BCUT2D eigenvalue weighted by Gasteiger charge is -2.07. The highest BCUT2D eigenvalue weighted by molar-refractivity contribution is 9.10. The van der Waals surface area contributed by atoms with Crippen LogP contribution in [0.15, 0.2) is 64.6 Å². The molecule has 0 unspecified atom stereocenters. The van der Waals surface area contributed by atoms with Crippen molar-refractivity contribution < 1.29 is 9.53 Å². The minimum atomic E-state index is -0.269. The summed E-state index contributed by atoms with van der Waals surface area (Å²) >= 11 is 4.84. The van der Waals surface area contributed by atoms with Gasteiger partial charge in [-0.05, 0) is 43.3 Å². The Kier molecular flexibility index (Phi) is 5.50. The molecule has 128 valence electrons. The van der Waals surface area contributed by atoms with Gasteiger partial charge in [0.2, 0.25) is 0 Å². The summed E-state index contributed by atoms with van der Waals surface area (Å²) in [4.78, 5) is 17.5. The van der Waals surface area contributed by atoms with Gasteiger partial charge in [-0.3, -0.25) is 4.79 Å². The second kappa shape index (κ2) is 7.80. The molecule has 0 saturated carbocycles. The lowest BCUT2D eigenvalue weighted by molar-refractivity contribution is 0.0998. The van der Waals surface area contributed by atoms with Crippen LogP contribution in [0, 0.1) is 0 Å². The van der Waals surface area contributed by atoms with Crippen molar-refractivity contribution in [2.45, 2.75) is 13.5 Å². The first-order valence-electron chi connectivity index (χ1n) is 7.84. The molecule has 6 heteroatoms. The number of para-hydroxylation sites is 1. The molecule has 0 fully saturated rings. The molecular formula is C19H17BrN2O2S. The number of halogens is 1. The molecule has 0 spiro atoms. The molecule has 25 heavy (non-hydrogen) atoms. The van der Waals surface area contributed by atoms with E-state index in [0.29, 0.717) is 23.5 Å². The van der Waals surface area contributed by atoms with Crippen molar-refractivity contribution in [2.75, 3.05) is 6.61 Å². The highest BCUT2D eigenvalue weighted by Crippen LogP contribution is 2.27. The molecule has 1 aromatic heterocycles. The second-order valence-electron chi connectivity index (χ2n) is 5.24. The van der Waals surface area contributed by atoms with Gasteiger partial charge in [0.1, 0.15) is 11.3 Å². The minimum Gasteiger partial charge on any atom is -0.492 e. The smallest absolute Gasteiger partial charge is 0.279 e. The van der Waals surface area contributed by atoms with E-state index < -0.39 is 0 Å². The van der Waals surface area contributed by atoms with Gasteiger partial charge in [0.05, 0.1) is 11.3 Å². The first-order valence-corrected chi connectivity index (χ1v) is 9.45. The molecule has 0 aliphatic rings. The van der Waals surface area contributed by atoms with Gasteiger partial charge in [-0.25, -0.2) is 0 Å². The highest BCUT2D eigenvalue weighted by Gasteiger charge is 2.12. The summed E-state index contributed by atoms with van der Waals surface area (Å²) in [5, 5.41) is 0. The third-order valence-corrected chi connectivity index (χ3v) is 5.14. The fourth-order valence-corrected chi connectivity index (χ4v) is 3.82. The highest BCUT2D eigenvalue weighted by atomic mass is 79.9. The normalized spacial score (nSPS) is 11.7. The average molecular weight is 417 g/mol. The SMILES string of the molecule is C=CCn1c(=NC(=O)c2ccc(Br)cc2)sc2cccc(OCC)c21. The molecule has 0 aliphatic heterocycles. The number of allylic oxidation sites excluding steroid dienone is 1. The van der Waals surface area contributed by atoms with Crippen molar-refractivity contribution in [3.05, 3.63) is 70.0 Å². The third kappa shape index (κ3) is 3.75. The van der Waals surface area contributed by atoms with Gasteiger partial charge in [-0.2, -0.15) is 4.99 Å². The zero-order chi connectivity index (χ0) is 17.8. The van der Waals surface area contributed by atoms with Crippen molar-refractivity contribution in [3.63, 3.8) is 0 Å². The van der Waals surface area contributed by atoms with Gasteiger partial charge in [-0.15, -0.1) is 6.58 Å². The lowest BCUT2D eigenvalue weighted by Crippen LogP contribution is -2.16. The van der Waals surface area contributed by atoms with E-state index >= 15 is 0 Å². The summed E-state index contributed by atoms with van der Waals surface area (Å²) in [5.74, 6) is 0.519. The molecule has 1 heterocycles. The fourth-order valence-electron chi connectivity index (χ4n) is 2.50. The van der Waals surface area contributed by atoms with Crippen LogP contribution in [0.3, 0.4) is 0 Å². The fraction of sp³-hybridized carbons (Fsp3) is 0.158. The number of benzene rings is 2. The molecule has 0 N–H and O–H groups in total. The molecule has 1 amide bonds. The number of hydrogen-bond donors (Lipinski definition) is 0. The molecule has 2 aromatic carbocycles. The zero-order valence-electron chi connectivity index (χ0n) is 13.7. The van der Waals surface area contributed by atoms with Gasteiger partial charge in [0.25, 0.3) is 5.91 Å². The molecule has 4 nitrogen and oxygen atoms in total. The summed E-state index contributed by atoms with van der Waals surface area (Å²) in [5.41, 5.74) is 1.49. The van der Waals surface area contributed by atoms with E-state index in [1.807, 2.05) is 41.8 Å². The van der Waals surface area contributed by atoms with Crippen molar-refractivity contribution in [1.82, 2.24) is 4.57 Å². The van der Waals surface area contributed by atoms with Gasteiger partial charge < -0.3 is 9.30 Å². The predicted octanol–water partition coefficient (Wildman–Crippen LogP) is 4.79. The van der Waals surface area contributed by atoms with Crippen LogP contribution in [-0.2, 0) is 6.54 Å². The third-order valence-electron chi connectivity index (χ3n) is 3.56.